The first-order chi connectivity index (χ1) is 8.70. The van der Waals surface area contributed by atoms with Crippen LogP contribution in [0.4, 0.5) is 11.5 Å². The van der Waals surface area contributed by atoms with Gasteiger partial charge in [-0.05, 0) is 19.3 Å². The Hall–Kier alpha value is -1.03. The molecule has 4 nitrogen and oxygen atoms in total. The molecule has 1 heterocycles. The summed E-state index contributed by atoms with van der Waals surface area (Å²) in [5, 5.41) is 3.80. The van der Waals surface area contributed by atoms with E-state index in [2.05, 4.69) is 22.2 Å². The summed E-state index contributed by atoms with van der Waals surface area (Å²) in [5.74, 6) is 1.49. The highest BCUT2D eigenvalue weighted by molar-refractivity contribution is 6.32. The number of halogens is 1. The molecule has 0 amide bonds. The Balaban J connectivity index is 2.14. The molecule has 1 fully saturated rings. The number of hydrogen-bond acceptors (Lipinski definition) is 4. The zero-order valence-corrected chi connectivity index (χ0v) is 11.6. The van der Waals surface area contributed by atoms with E-state index in [1.807, 2.05) is 0 Å². The lowest BCUT2D eigenvalue weighted by molar-refractivity contribution is 0.462. The van der Waals surface area contributed by atoms with E-state index in [0.29, 0.717) is 22.7 Å². The quantitative estimate of drug-likeness (QED) is 0.822. The number of rotatable bonds is 4. The second-order valence-corrected chi connectivity index (χ2v) is 5.28. The number of nitrogens with zero attached hydrogens (tertiary/aromatic N) is 2. The zero-order chi connectivity index (χ0) is 13.0. The van der Waals surface area contributed by atoms with E-state index in [-0.39, 0.29) is 0 Å². The largest absolute Gasteiger partial charge is 0.393 e. The molecule has 0 spiro atoms. The van der Waals surface area contributed by atoms with Crippen LogP contribution in [0.15, 0.2) is 0 Å². The monoisotopic (exact) mass is 268 g/mol. The van der Waals surface area contributed by atoms with E-state index in [1.165, 1.54) is 32.1 Å². The Morgan fingerprint density at radius 1 is 1.28 bits per heavy atom. The van der Waals surface area contributed by atoms with E-state index in [1.54, 1.807) is 0 Å². The van der Waals surface area contributed by atoms with Crippen LogP contribution in [0.2, 0.25) is 5.15 Å². The fraction of sp³-hybridized carbons (Fsp3) is 0.692. The van der Waals surface area contributed by atoms with Crippen molar-refractivity contribution in [2.24, 2.45) is 0 Å². The minimum absolute atomic E-state index is 0.367. The predicted molar refractivity (Wildman–Crippen MR) is 75.9 cm³/mol. The topological polar surface area (TPSA) is 63.8 Å². The van der Waals surface area contributed by atoms with Crippen molar-refractivity contribution in [1.82, 2.24) is 9.97 Å². The first-order valence-corrected chi connectivity index (χ1v) is 7.17. The fourth-order valence-electron chi connectivity index (χ4n) is 2.37. The van der Waals surface area contributed by atoms with Gasteiger partial charge in [0.1, 0.15) is 11.5 Å². The van der Waals surface area contributed by atoms with Gasteiger partial charge in [-0.2, -0.15) is 0 Å². The van der Waals surface area contributed by atoms with Gasteiger partial charge in [-0.15, -0.1) is 0 Å². The minimum Gasteiger partial charge on any atom is -0.393 e. The van der Waals surface area contributed by atoms with E-state index in [9.17, 15) is 0 Å². The number of nitrogens with two attached hydrogens (primary N) is 1. The maximum absolute atomic E-state index is 6.06. The van der Waals surface area contributed by atoms with Crippen molar-refractivity contribution >= 4 is 23.1 Å². The van der Waals surface area contributed by atoms with Gasteiger partial charge in [-0.25, -0.2) is 9.97 Å². The maximum Gasteiger partial charge on any atom is 0.157 e. The van der Waals surface area contributed by atoms with Crippen LogP contribution in [0.5, 0.6) is 0 Å². The molecule has 3 N–H and O–H groups in total. The lowest BCUT2D eigenvalue weighted by Crippen LogP contribution is -2.24. The third kappa shape index (κ3) is 3.25. The normalized spacial score (nSPS) is 16.8. The summed E-state index contributed by atoms with van der Waals surface area (Å²) in [4.78, 5) is 8.69. The molecule has 1 aliphatic carbocycles. The molecule has 0 bridgehead atoms. The molecule has 0 aliphatic heterocycles. The van der Waals surface area contributed by atoms with Crippen LogP contribution in [-0.4, -0.2) is 16.0 Å². The molecule has 2 rings (SSSR count). The number of nitrogens with one attached hydrogen (secondary N) is 1. The van der Waals surface area contributed by atoms with Crippen LogP contribution < -0.4 is 11.1 Å². The van der Waals surface area contributed by atoms with Crippen molar-refractivity contribution in [2.45, 2.75) is 57.9 Å². The van der Waals surface area contributed by atoms with Crippen LogP contribution in [-0.2, 0) is 6.42 Å². The smallest absolute Gasteiger partial charge is 0.157 e. The second kappa shape index (κ2) is 6.23. The van der Waals surface area contributed by atoms with Crippen molar-refractivity contribution in [2.75, 3.05) is 11.1 Å². The Kier molecular flexibility index (Phi) is 4.64. The molecule has 100 valence electrons. The summed E-state index contributed by atoms with van der Waals surface area (Å²) in [6, 6.07) is 0.474. The summed E-state index contributed by atoms with van der Waals surface area (Å²) >= 11 is 6.06. The van der Waals surface area contributed by atoms with E-state index >= 15 is 0 Å². The van der Waals surface area contributed by atoms with Gasteiger partial charge < -0.3 is 11.1 Å². The van der Waals surface area contributed by atoms with Crippen molar-refractivity contribution in [3.8, 4) is 0 Å². The van der Waals surface area contributed by atoms with Crippen molar-refractivity contribution < 1.29 is 0 Å². The average Bonchev–Trinajstić information content (AvgIpc) is 2.37. The Bertz CT molecular complexity index is 402. The van der Waals surface area contributed by atoms with Crippen LogP contribution >= 0.6 is 11.6 Å². The highest BCUT2D eigenvalue weighted by Gasteiger charge is 2.17. The second-order valence-electron chi connectivity index (χ2n) is 4.92. The maximum atomic E-state index is 6.06. The fourth-order valence-corrected chi connectivity index (χ4v) is 2.56. The SMILES string of the molecule is CCCc1nc(Cl)c(N)c(NC2CCCCC2)n1. The molecule has 1 saturated carbocycles. The minimum atomic E-state index is 0.367. The molecule has 18 heavy (non-hydrogen) atoms. The van der Waals surface area contributed by atoms with Gasteiger partial charge in [0.15, 0.2) is 11.0 Å². The lowest BCUT2D eigenvalue weighted by Gasteiger charge is -2.24. The summed E-state index contributed by atoms with van der Waals surface area (Å²) in [6.07, 6.45) is 8.09. The predicted octanol–water partition coefficient (Wildman–Crippen LogP) is 3.41. The number of aromatic nitrogens is 2. The number of anilines is 2. The van der Waals surface area contributed by atoms with E-state index < -0.39 is 0 Å². The van der Waals surface area contributed by atoms with Crippen LogP contribution in [0.1, 0.15) is 51.3 Å². The van der Waals surface area contributed by atoms with E-state index in [0.717, 1.165) is 18.7 Å². The van der Waals surface area contributed by atoms with Gasteiger partial charge in [-0.3, -0.25) is 0 Å². The standard InChI is InChI=1S/C13H21ClN4/c1-2-6-10-17-12(14)11(15)13(18-10)16-9-7-4-3-5-8-9/h9H,2-8,15H2,1H3,(H,16,17,18). The number of hydrogen-bond donors (Lipinski definition) is 2. The molecule has 0 atom stereocenters. The van der Waals surface area contributed by atoms with Crippen LogP contribution in [0.3, 0.4) is 0 Å². The van der Waals surface area contributed by atoms with Gasteiger partial charge in [0.25, 0.3) is 0 Å². The molecule has 0 unspecified atom stereocenters. The highest BCUT2D eigenvalue weighted by atomic mass is 35.5. The summed E-state index contributed by atoms with van der Waals surface area (Å²) in [7, 11) is 0. The molecule has 0 aromatic carbocycles. The molecular formula is C13H21ClN4. The van der Waals surface area contributed by atoms with Gasteiger partial charge in [0, 0.05) is 12.5 Å². The summed E-state index contributed by atoms with van der Waals surface area (Å²) < 4.78 is 0. The molecule has 1 aromatic heterocycles. The Morgan fingerprint density at radius 2 is 2.00 bits per heavy atom. The Morgan fingerprint density at radius 3 is 2.67 bits per heavy atom. The van der Waals surface area contributed by atoms with Crippen LogP contribution in [0, 0.1) is 0 Å². The molecule has 1 aromatic rings. The molecule has 0 radical (unpaired) electrons. The average molecular weight is 269 g/mol. The van der Waals surface area contributed by atoms with Gasteiger partial charge in [0.05, 0.1) is 0 Å². The Labute approximate surface area is 113 Å². The van der Waals surface area contributed by atoms with Crippen molar-refractivity contribution in [3.05, 3.63) is 11.0 Å². The molecule has 1 aliphatic rings. The van der Waals surface area contributed by atoms with Crippen molar-refractivity contribution in [1.29, 1.82) is 0 Å². The number of nitrogen functional groups attached to an aromatic ring is 1. The van der Waals surface area contributed by atoms with Gasteiger partial charge >= 0.3 is 0 Å². The molecule has 0 saturated heterocycles. The highest BCUT2D eigenvalue weighted by Crippen LogP contribution is 2.27. The van der Waals surface area contributed by atoms with Gasteiger partial charge in [-0.1, -0.05) is 37.8 Å². The van der Waals surface area contributed by atoms with Gasteiger partial charge in [0.2, 0.25) is 0 Å². The van der Waals surface area contributed by atoms with E-state index in [4.69, 9.17) is 17.3 Å². The molecule has 5 heteroatoms. The van der Waals surface area contributed by atoms with Crippen LogP contribution in [0.25, 0.3) is 0 Å². The lowest BCUT2D eigenvalue weighted by atomic mass is 9.95. The zero-order valence-electron chi connectivity index (χ0n) is 10.9. The third-order valence-electron chi connectivity index (χ3n) is 3.37. The summed E-state index contributed by atoms with van der Waals surface area (Å²) in [5.41, 5.74) is 6.42. The summed E-state index contributed by atoms with van der Waals surface area (Å²) in [6.45, 7) is 2.10. The first kappa shape index (κ1) is 13.4. The van der Waals surface area contributed by atoms with Crippen molar-refractivity contribution in [3.63, 3.8) is 0 Å². The first-order valence-electron chi connectivity index (χ1n) is 6.79. The number of aryl methyl sites for hydroxylation is 1. The molecular weight excluding hydrogens is 248 g/mol. The third-order valence-corrected chi connectivity index (χ3v) is 3.65.